The van der Waals surface area contributed by atoms with Crippen molar-refractivity contribution >= 4 is 11.3 Å². The maximum atomic E-state index is 6.56. The first-order chi connectivity index (χ1) is 13.0. The molecule has 1 aliphatic rings. The number of nitrogens with zero attached hydrogens (tertiary/aromatic N) is 3. The predicted octanol–water partition coefficient (Wildman–Crippen LogP) is 3.77. The summed E-state index contributed by atoms with van der Waals surface area (Å²) in [7, 11) is 0. The maximum Gasteiger partial charge on any atom is 0.151 e. The van der Waals surface area contributed by atoms with Crippen LogP contribution in [0.1, 0.15) is 44.6 Å². The van der Waals surface area contributed by atoms with E-state index in [2.05, 4.69) is 43.0 Å². The molecule has 6 heteroatoms. The Bertz CT molecular complexity index is 926. The fourth-order valence-corrected chi connectivity index (χ4v) is 3.90. The highest BCUT2D eigenvalue weighted by Gasteiger charge is 2.50. The van der Waals surface area contributed by atoms with Crippen LogP contribution in [-0.2, 0) is 16.1 Å². The molecule has 2 N–H and O–H groups in total. The molecule has 0 amide bonds. The molecule has 6 nitrogen and oxygen atoms in total. The van der Waals surface area contributed by atoms with Gasteiger partial charge < -0.3 is 15.2 Å². The lowest BCUT2D eigenvalue weighted by Gasteiger charge is -2.27. The van der Waals surface area contributed by atoms with E-state index in [-0.39, 0.29) is 23.7 Å². The number of benzene rings is 1. The van der Waals surface area contributed by atoms with Gasteiger partial charge in [-0.2, -0.15) is 5.10 Å². The van der Waals surface area contributed by atoms with E-state index in [9.17, 15) is 0 Å². The summed E-state index contributed by atoms with van der Waals surface area (Å²) in [6, 6.07) is 14.2. The number of rotatable bonds is 5. The molecule has 0 aliphatic carbocycles. The smallest absolute Gasteiger partial charge is 0.151 e. The fraction of sp³-hybridized carbons (Fsp3) is 0.429. The molecule has 142 valence electrons. The lowest BCUT2D eigenvalue weighted by Crippen LogP contribution is -2.33. The van der Waals surface area contributed by atoms with Crippen molar-refractivity contribution in [2.45, 2.75) is 51.6 Å². The zero-order valence-electron chi connectivity index (χ0n) is 16.0. The Morgan fingerprint density at radius 2 is 2.00 bits per heavy atom. The van der Waals surface area contributed by atoms with Crippen LogP contribution in [0.25, 0.3) is 5.52 Å². The largest absolute Gasteiger partial charge is 0.382 e. The van der Waals surface area contributed by atoms with Crippen LogP contribution < -0.4 is 5.73 Å². The van der Waals surface area contributed by atoms with E-state index in [0.29, 0.717) is 12.4 Å². The van der Waals surface area contributed by atoms with E-state index >= 15 is 0 Å². The van der Waals surface area contributed by atoms with E-state index in [1.165, 1.54) is 6.33 Å². The molecule has 0 bridgehead atoms. The highest BCUT2D eigenvalue weighted by molar-refractivity contribution is 5.65. The average Bonchev–Trinajstić information content (AvgIpc) is 3.22. The second-order valence-electron chi connectivity index (χ2n) is 7.46. The molecule has 1 aromatic carbocycles. The van der Waals surface area contributed by atoms with E-state index in [1.54, 1.807) is 0 Å². The topological polar surface area (TPSA) is 74.7 Å². The first-order valence-corrected chi connectivity index (χ1v) is 9.45. The molecule has 0 radical (unpaired) electrons. The molecule has 4 rings (SSSR count). The molecule has 3 heterocycles. The van der Waals surface area contributed by atoms with Crippen molar-refractivity contribution in [2.24, 2.45) is 5.92 Å². The normalized spacial score (nSPS) is 28.0. The molecule has 0 saturated carbocycles. The Labute approximate surface area is 159 Å². The third kappa shape index (κ3) is 3.09. The SMILES string of the molecule is CC[C@@]1(C)O[C@@H](c2ccc3c(N)ncnn23)[C@H](OCc2ccccc2)[C@@H]1C. The summed E-state index contributed by atoms with van der Waals surface area (Å²) in [6.07, 6.45) is 2.09. The van der Waals surface area contributed by atoms with E-state index in [4.69, 9.17) is 15.2 Å². The highest BCUT2D eigenvalue weighted by atomic mass is 16.6. The van der Waals surface area contributed by atoms with Gasteiger partial charge in [0.2, 0.25) is 0 Å². The second kappa shape index (κ2) is 6.94. The van der Waals surface area contributed by atoms with Crippen molar-refractivity contribution in [2.75, 3.05) is 5.73 Å². The standard InChI is InChI=1S/C21H26N4O2/c1-4-21(3)14(2)18(26-12-15-8-6-5-7-9-15)19(27-21)16-10-11-17-20(22)23-13-24-25(16)17/h5-11,13-14,18-19H,4,12H2,1-3H3,(H2,22,23,24)/t14-,18+,19-,21+/m0/s1. The van der Waals surface area contributed by atoms with Crippen molar-refractivity contribution in [3.63, 3.8) is 0 Å². The van der Waals surface area contributed by atoms with Crippen LogP contribution in [-0.4, -0.2) is 26.3 Å². The molecule has 1 saturated heterocycles. The van der Waals surface area contributed by atoms with Gasteiger partial charge in [-0.25, -0.2) is 9.50 Å². The van der Waals surface area contributed by atoms with Gasteiger partial charge in [0.25, 0.3) is 0 Å². The Balaban J connectivity index is 1.68. The molecule has 0 spiro atoms. The number of nitrogen functional groups attached to an aromatic ring is 1. The van der Waals surface area contributed by atoms with Gasteiger partial charge in [0.05, 0.1) is 24.0 Å². The van der Waals surface area contributed by atoms with Crippen molar-refractivity contribution in [1.82, 2.24) is 14.6 Å². The van der Waals surface area contributed by atoms with Crippen molar-refractivity contribution in [3.8, 4) is 0 Å². The van der Waals surface area contributed by atoms with Crippen LogP contribution in [0.3, 0.4) is 0 Å². The first kappa shape index (κ1) is 17.9. The van der Waals surface area contributed by atoms with Crippen LogP contribution in [0.15, 0.2) is 48.8 Å². The van der Waals surface area contributed by atoms with Crippen LogP contribution in [0.5, 0.6) is 0 Å². The maximum absolute atomic E-state index is 6.56. The molecule has 4 atom stereocenters. The lowest BCUT2D eigenvalue weighted by molar-refractivity contribution is -0.0639. The summed E-state index contributed by atoms with van der Waals surface area (Å²) in [4.78, 5) is 4.08. The Kier molecular flexibility index (Phi) is 4.61. The number of anilines is 1. The average molecular weight is 366 g/mol. The van der Waals surface area contributed by atoms with Crippen LogP contribution in [0.4, 0.5) is 5.82 Å². The molecule has 2 aromatic heterocycles. The van der Waals surface area contributed by atoms with Crippen molar-refractivity contribution in [1.29, 1.82) is 0 Å². The van der Waals surface area contributed by atoms with Gasteiger partial charge in [-0.3, -0.25) is 0 Å². The third-order valence-electron chi connectivity index (χ3n) is 5.94. The Morgan fingerprint density at radius 3 is 2.74 bits per heavy atom. The van der Waals surface area contributed by atoms with Crippen molar-refractivity contribution < 1.29 is 9.47 Å². The molecular weight excluding hydrogens is 340 g/mol. The van der Waals surface area contributed by atoms with Gasteiger partial charge in [0, 0.05) is 5.92 Å². The van der Waals surface area contributed by atoms with Gasteiger partial charge in [0.15, 0.2) is 5.82 Å². The highest BCUT2D eigenvalue weighted by Crippen LogP contribution is 2.47. The van der Waals surface area contributed by atoms with Gasteiger partial charge in [-0.05, 0) is 31.0 Å². The zero-order valence-corrected chi connectivity index (χ0v) is 16.0. The fourth-order valence-electron chi connectivity index (χ4n) is 3.90. The minimum absolute atomic E-state index is 0.0792. The minimum Gasteiger partial charge on any atom is -0.382 e. The van der Waals surface area contributed by atoms with Gasteiger partial charge in [-0.15, -0.1) is 0 Å². The van der Waals surface area contributed by atoms with E-state index in [0.717, 1.165) is 23.2 Å². The number of nitrogens with two attached hydrogens (primary N) is 1. The second-order valence-corrected chi connectivity index (χ2v) is 7.46. The number of ether oxygens (including phenoxy) is 2. The number of hydrogen-bond donors (Lipinski definition) is 1. The van der Waals surface area contributed by atoms with Crippen LogP contribution in [0, 0.1) is 5.92 Å². The quantitative estimate of drug-likeness (QED) is 0.744. The Hall–Kier alpha value is -2.44. The molecule has 3 aromatic rings. The number of aromatic nitrogens is 3. The lowest BCUT2D eigenvalue weighted by atomic mass is 9.85. The summed E-state index contributed by atoms with van der Waals surface area (Å²) in [5.41, 5.74) is 8.63. The molecule has 1 aliphatic heterocycles. The summed E-state index contributed by atoms with van der Waals surface area (Å²) in [5, 5.41) is 4.39. The summed E-state index contributed by atoms with van der Waals surface area (Å²) >= 11 is 0. The van der Waals surface area contributed by atoms with Crippen molar-refractivity contribution in [3.05, 3.63) is 60.0 Å². The monoisotopic (exact) mass is 366 g/mol. The van der Waals surface area contributed by atoms with Gasteiger partial charge in [-0.1, -0.05) is 44.2 Å². The van der Waals surface area contributed by atoms with E-state index < -0.39 is 0 Å². The first-order valence-electron chi connectivity index (χ1n) is 9.45. The summed E-state index contributed by atoms with van der Waals surface area (Å²) in [6.45, 7) is 7.08. The molecule has 27 heavy (non-hydrogen) atoms. The van der Waals surface area contributed by atoms with Gasteiger partial charge in [0.1, 0.15) is 17.9 Å². The predicted molar refractivity (Wildman–Crippen MR) is 104 cm³/mol. The minimum atomic E-state index is -0.255. The third-order valence-corrected chi connectivity index (χ3v) is 5.94. The number of hydrogen-bond acceptors (Lipinski definition) is 5. The number of fused-ring (bicyclic) bond motifs is 1. The van der Waals surface area contributed by atoms with E-state index in [1.807, 2.05) is 34.8 Å². The summed E-state index contributed by atoms with van der Waals surface area (Å²) in [5.74, 6) is 0.697. The molecule has 1 fully saturated rings. The molecule has 0 unspecified atom stereocenters. The van der Waals surface area contributed by atoms with Gasteiger partial charge >= 0.3 is 0 Å². The Morgan fingerprint density at radius 1 is 1.22 bits per heavy atom. The summed E-state index contributed by atoms with van der Waals surface area (Å²) < 4.78 is 14.8. The van der Waals surface area contributed by atoms with Crippen LogP contribution in [0.2, 0.25) is 0 Å². The zero-order chi connectivity index (χ0) is 19.0. The molecular formula is C21H26N4O2. The van der Waals surface area contributed by atoms with Crippen LogP contribution >= 0.6 is 0 Å².